The summed E-state index contributed by atoms with van der Waals surface area (Å²) in [5.74, 6) is -0.0407. The molecule has 1 unspecified atom stereocenters. The molecule has 2 rings (SSSR count). The van der Waals surface area contributed by atoms with Crippen LogP contribution in [0.4, 0.5) is 0 Å². The van der Waals surface area contributed by atoms with Gasteiger partial charge in [0.15, 0.2) is 0 Å². The van der Waals surface area contributed by atoms with Gasteiger partial charge in [-0.2, -0.15) is 0 Å². The minimum absolute atomic E-state index is 0.0245. The molecule has 3 N–H and O–H groups in total. The van der Waals surface area contributed by atoms with E-state index < -0.39 is 0 Å². The number of rotatable bonds is 3. The van der Waals surface area contributed by atoms with Crippen LogP contribution in [0.25, 0.3) is 0 Å². The average Bonchev–Trinajstić information content (AvgIpc) is 2.86. The zero-order valence-electron chi connectivity index (χ0n) is 10.0. The number of aliphatic hydroxyl groups is 1. The number of thiocarbonyl (C=S) groups is 1. The predicted octanol–water partition coefficient (Wildman–Crippen LogP) is 0.918. The van der Waals surface area contributed by atoms with Crippen molar-refractivity contribution in [2.45, 2.75) is 18.9 Å². The number of hydrogen-bond acceptors (Lipinski definition) is 3. The highest BCUT2D eigenvalue weighted by molar-refractivity contribution is 7.80. The number of nitrogens with zero attached hydrogens (tertiary/aromatic N) is 1. The quantitative estimate of drug-likeness (QED) is 0.797. The lowest BCUT2D eigenvalue weighted by molar-refractivity contribution is 0.0677. The van der Waals surface area contributed by atoms with Crippen LogP contribution in [0, 0.1) is 0 Å². The standard InChI is InChI=1S/C13H16N2O2S/c14-12(18)9-3-5-10(6-4-9)13(17)15-7-1-2-11(15)8-16/h3-6,11,16H,1-2,7-8H2,(H2,14,18). The summed E-state index contributed by atoms with van der Waals surface area (Å²) in [6, 6.07) is 6.90. The third-order valence-electron chi connectivity index (χ3n) is 3.27. The minimum Gasteiger partial charge on any atom is -0.394 e. The van der Waals surface area contributed by atoms with Gasteiger partial charge in [-0.15, -0.1) is 0 Å². The number of aliphatic hydroxyl groups excluding tert-OH is 1. The molecule has 1 fully saturated rings. The van der Waals surface area contributed by atoms with Crippen LogP contribution in [0.5, 0.6) is 0 Å². The summed E-state index contributed by atoms with van der Waals surface area (Å²) in [6.45, 7) is 0.734. The summed E-state index contributed by atoms with van der Waals surface area (Å²) >= 11 is 4.87. The Morgan fingerprint density at radius 2 is 2.00 bits per heavy atom. The molecule has 5 heteroatoms. The van der Waals surface area contributed by atoms with Gasteiger partial charge in [0, 0.05) is 17.7 Å². The zero-order chi connectivity index (χ0) is 13.1. The summed E-state index contributed by atoms with van der Waals surface area (Å²) in [5, 5.41) is 9.22. The van der Waals surface area contributed by atoms with Crippen LogP contribution in [0.2, 0.25) is 0 Å². The second kappa shape index (κ2) is 5.46. The molecule has 18 heavy (non-hydrogen) atoms. The second-order valence-electron chi connectivity index (χ2n) is 4.42. The Balaban J connectivity index is 2.16. The third-order valence-corrected chi connectivity index (χ3v) is 3.50. The molecule has 1 aliphatic rings. The molecule has 4 nitrogen and oxygen atoms in total. The topological polar surface area (TPSA) is 66.6 Å². The number of carbonyl (C=O) groups excluding carboxylic acids is 1. The van der Waals surface area contributed by atoms with Gasteiger partial charge in [0.2, 0.25) is 0 Å². The van der Waals surface area contributed by atoms with E-state index in [1.165, 1.54) is 0 Å². The van der Waals surface area contributed by atoms with Crippen molar-refractivity contribution in [2.24, 2.45) is 5.73 Å². The average molecular weight is 264 g/mol. The lowest BCUT2D eigenvalue weighted by atomic mass is 10.1. The van der Waals surface area contributed by atoms with Gasteiger partial charge in [-0.3, -0.25) is 4.79 Å². The fourth-order valence-electron chi connectivity index (χ4n) is 2.24. The van der Waals surface area contributed by atoms with Gasteiger partial charge in [0.05, 0.1) is 12.6 Å². The summed E-state index contributed by atoms with van der Waals surface area (Å²) in [7, 11) is 0. The molecule has 1 aromatic rings. The number of likely N-dealkylation sites (tertiary alicyclic amines) is 1. The summed E-state index contributed by atoms with van der Waals surface area (Å²) < 4.78 is 0. The van der Waals surface area contributed by atoms with E-state index >= 15 is 0 Å². The maximum atomic E-state index is 12.2. The number of hydrogen-bond donors (Lipinski definition) is 2. The van der Waals surface area contributed by atoms with E-state index in [2.05, 4.69) is 0 Å². The van der Waals surface area contributed by atoms with Gasteiger partial charge in [-0.05, 0) is 25.0 Å². The van der Waals surface area contributed by atoms with Gasteiger partial charge < -0.3 is 15.7 Å². The highest BCUT2D eigenvalue weighted by Crippen LogP contribution is 2.19. The van der Waals surface area contributed by atoms with Crippen LogP contribution in [-0.4, -0.2) is 40.1 Å². The Hall–Kier alpha value is -1.46. The molecule has 1 aromatic carbocycles. The van der Waals surface area contributed by atoms with Gasteiger partial charge in [-0.1, -0.05) is 24.4 Å². The van der Waals surface area contributed by atoms with Crippen LogP contribution in [-0.2, 0) is 0 Å². The molecule has 0 spiro atoms. The van der Waals surface area contributed by atoms with Gasteiger partial charge >= 0.3 is 0 Å². The molecular formula is C13H16N2O2S. The monoisotopic (exact) mass is 264 g/mol. The van der Waals surface area contributed by atoms with E-state index in [9.17, 15) is 9.90 Å². The van der Waals surface area contributed by atoms with Crippen molar-refractivity contribution in [3.63, 3.8) is 0 Å². The number of carbonyl (C=O) groups is 1. The molecule has 1 heterocycles. The Kier molecular flexibility index (Phi) is 3.93. The van der Waals surface area contributed by atoms with Crippen molar-refractivity contribution >= 4 is 23.1 Å². The van der Waals surface area contributed by atoms with Crippen molar-refractivity contribution in [1.29, 1.82) is 0 Å². The second-order valence-corrected chi connectivity index (χ2v) is 4.86. The maximum Gasteiger partial charge on any atom is 0.254 e. The molecule has 0 aliphatic carbocycles. The first kappa shape index (κ1) is 13.0. The minimum atomic E-state index is -0.0484. The van der Waals surface area contributed by atoms with E-state index in [0.29, 0.717) is 17.1 Å². The SMILES string of the molecule is NC(=S)c1ccc(C(=O)N2CCCC2CO)cc1. The first-order valence-electron chi connectivity index (χ1n) is 5.95. The normalized spacial score (nSPS) is 18.9. The van der Waals surface area contributed by atoms with E-state index in [-0.39, 0.29) is 18.6 Å². The predicted molar refractivity (Wildman–Crippen MR) is 73.5 cm³/mol. The number of nitrogens with two attached hydrogens (primary N) is 1. The van der Waals surface area contributed by atoms with Crippen LogP contribution >= 0.6 is 12.2 Å². The molecule has 0 radical (unpaired) electrons. The Morgan fingerprint density at radius 3 is 2.56 bits per heavy atom. The molecule has 1 saturated heterocycles. The van der Waals surface area contributed by atoms with E-state index in [0.717, 1.165) is 18.4 Å². The van der Waals surface area contributed by atoms with E-state index in [4.69, 9.17) is 18.0 Å². The van der Waals surface area contributed by atoms with Crippen molar-refractivity contribution in [1.82, 2.24) is 4.90 Å². The highest BCUT2D eigenvalue weighted by Gasteiger charge is 2.28. The Labute approximate surface area is 111 Å². The fourth-order valence-corrected chi connectivity index (χ4v) is 2.37. The third kappa shape index (κ3) is 2.52. The lowest BCUT2D eigenvalue weighted by Gasteiger charge is -2.23. The molecule has 1 amide bonds. The lowest BCUT2D eigenvalue weighted by Crippen LogP contribution is -2.37. The molecule has 0 saturated carbocycles. The Bertz CT molecular complexity index is 459. The largest absolute Gasteiger partial charge is 0.394 e. The first-order chi connectivity index (χ1) is 8.63. The summed E-state index contributed by atoms with van der Waals surface area (Å²) in [5.41, 5.74) is 6.87. The van der Waals surface area contributed by atoms with Crippen molar-refractivity contribution < 1.29 is 9.90 Å². The van der Waals surface area contributed by atoms with Crippen molar-refractivity contribution in [3.8, 4) is 0 Å². The smallest absolute Gasteiger partial charge is 0.254 e. The molecule has 0 aromatic heterocycles. The molecule has 96 valence electrons. The van der Waals surface area contributed by atoms with Crippen molar-refractivity contribution in [2.75, 3.05) is 13.2 Å². The molecular weight excluding hydrogens is 248 g/mol. The molecule has 1 aliphatic heterocycles. The van der Waals surface area contributed by atoms with E-state index in [1.54, 1.807) is 29.2 Å². The van der Waals surface area contributed by atoms with Crippen LogP contribution in [0.15, 0.2) is 24.3 Å². The van der Waals surface area contributed by atoms with Gasteiger partial charge in [0.1, 0.15) is 4.99 Å². The summed E-state index contributed by atoms with van der Waals surface area (Å²) in [4.78, 5) is 14.3. The molecule has 0 bridgehead atoms. The van der Waals surface area contributed by atoms with Crippen molar-refractivity contribution in [3.05, 3.63) is 35.4 Å². The maximum absolute atomic E-state index is 12.2. The van der Waals surface area contributed by atoms with E-state index in [1.807, 2.05) is 0 Å². The first-order valence-corrected chi connectivity index (χ1v) is 6.36. The van der Waals surface area contributed by atoms with Gasteiger partial charge in [-0.25, -0.2) is 0 Å². The zero-order valence-corrected chi connectivity index (χ0v) is 10.8. The van der Waals surface area contributed by atoms with Crippen LogP contribution in [0.1, 0.15) is 28.8 Å². The number of amides is 1. The highest BCUT2D eigenvalue weighted by atomic mass is 32.1. The number of benzene rings is 1. The Morgan fingerprint density at radius 1 is 1.39 bits per heavy atom. The summed E-state index contributed by atoms with van der Waals surface area (Å²) in [6.07, 6.45) is 1.81. The van der Waals surface area contributed by atoms with Crippen LogP contribution < -0.4 is 5.73 Å². The fraction of sp³-hybridized carbons (Fsp3) is 0.385. The van der Waals surface area contributed by atoms with Crippen LogP contribution in [0.3, 0.4) is 0 Å². The molecule has 1 atom stereocenters. The van der Waals surface area contributed by atoms with Gasteiger partial charge in [0.25, 0.3) is 5.91 Å².